The van der Waals surface area contributed by atoms with Gasteiger partial charge in [0.2, 0.25) is 0 Å². The second-order valence-electron chi connectivity index (χ2n) is 8.89. The molecule has 36 heavy (non-hydrogen) atoms. The lowest BCUT2D eigenvalue weighted by Crippen LogP contribution is -2.30. The topological polar surface area (TPSA) is 51.5 Å². The van der Waals surface area contributed by atoms with Crippen molar-refractivity contribution in [3.05, 3.63) is 103 Å². The van der Waals surface area contributed by atoms with Crippen LogP contribution in [0.2, 0.25) is 0 Å². The van der Waals surface area contributed by atoms with E-state index in [1.165, 1.54) is 0 Å². The summed E-state index contributed by atoms with van der Waals surface area (Å²) in [6.07, 6.45) is 4.02. The number of aromatic nitrogens is 2. The average Bonchev–Trinajstić information content (AvgIpc) is 3.50. The van der Waals surface area contributed by atoms with Gasteiger partial charge in [-0.25, -0.2) is 0 Å². The number of thiocarbonyl (C=S) groups is 1. The summed E-state index contributed by atoms with van der Waals surface area (Å²) < 4.78 is 13.7. The Labute approximate surface area is 217 Å². The number of pyridine rings is 1. The van der Waals surface area contributed by atoms with E-state index >= 15 is 0 Å². The first-order valence-electron chi connectivity index (χ1n) is 12.2. The molecule has 7 heteroatoms. The zero-order valence-corrected chi connectivity index (χ0v) is 21.5. The molecule has 1 saturated heterocycles. The van der Waals surface area contributed by atoms with Gasteiger partial charge in [-0.2, -0.15) is 0 Å². The molecule has 2 atom stereocenters. The molecule has 5 rings (SSSR count). The molecule has 1 aliphatic heterocycles. The van der Waals surface area contributed by atoms with Crippen molar-refractivity contribution in [2.45, 2.75) is 39.0 Å². The van der Waals surface area contributed by atoms with E-state index in [0.29, 0.717) is 11.7 Å². The molecule has 0 amide bonds. The molecule has 0 unspecified atom stereocenters. The molecule has 2 aromatic heterocycles. The van der Waals surface area contributed by atoms with Crippen LogP contribution >= 0.6 is 12.2 Å². The monoisotopic (exact) mass is 498 g/mol. The van der Waals surface area contributed by atoms with Gasteiger partial charge < -0.3 is 24.3 Å². The minimum absolute atomic E-state index is 0.115. The number of hydrogen-bond acceptors (Lipinski definition) is 4. The lowest BCUT2D eigenvalue weighted by atomic mass is 10.0. The van der Waals surface area contributed by atoms with Gasteiger partial charge in [-0.3, -0.25) is 4.98 Å². The summed E-state index contributed by atoms with van der Waals surface area (Å²) in [5.74, 6) is 1.69. The molecular formula is C29H30N4O2S. The van der Waals surface area contributed by atoms with Crippen molar-refractivity contribution in [2.75, 3.05) is 11.5 Å². The highest BCUT2D eigenvalue weighted by atomic mass is 32.1. The Balaban J connectivity index is 1.57. The number of anilines is 1. The minimum atomic E-state index is -0.123. The van der Waals surface area contributed by atoms with Gasteiger partial charge in [0, 0.05) is 29.5 Å². The lowest BCUT2D eigenvalue weighted by Gasteiger charge is -2.29. The third-order valence-electron chi connectivity index (χ3n) is 6.09. The van der Waals surface area contributed by atoms with Crippen LogP contribution < -0.4 is 19.7 Å². The van der Waals surface area contributed by atoms with Crippen LogP contribution in [0.3, 0.4) is 0 Å². The van der Waals surface area contributed by atoms with Gasteiger partial charge in [0.1, 0.15) is 17.5 Å². The fourth-order valence-electron chi connectivity index (χ4n) is 4.63. The van der Waals surface area contributed by atoms with Crippen molar-refractivity contribution in [3.63, 3.8) is 0 Å². The molecule has 4 aromatic rings. The van der Waals surface area contributed by atoms with Crippen LogP contribution in [0.4, 0.5) is 5.69 Å². The van der Waals surface area contributed by atoms with Crippen LogP contribution in [-0.4, -0.2) is 27.4 Å². The summed E-state index contributed by atoms with van der Waals surface area (Å²) in [5, 5.41) is 4.20. The van der Waals surface area contributed by atoms with E-state index in [1.807, 2.05) is 69.4 Å². The fourth-order valence-corrected chi connectivity index (χ4v) is 4.98. The fraction of sp³-hybridized carbons (Fsp3) is 0.241. The maximum absolute atomic E-state index is 5.89. The molecule has 0 spiro atoms. The van der Waals surface area contributed by atoms with Crippen LogP contribution in [0.1, 0.15) is 44.2 Å². The third kappa shape index (κ3) is 4.79. The summed E-state index contributed by atoms with van der Waals surface area (Å²) in [6, 6.07) is 26.2. The van der Waals surface area contributed by atoms with E-state index < -0.39 is 0 Å². The number of benzene rings is 2. The highest BCUT2D eigenvalue weighted by molar-refractivity contribution is 7.80. The van der Waals surface area contributed by atoms with Gasteiger partial charge in [-0.05, 0) is 106 Å². The van der Waals surface area contributed by atoms with Crippen molar-refractivity contribution >= 4 is 23.0 Å². The van der Waals surface area contributed by atoms with Gasteiger partial charge in [0.05, 0.1) is 24.4 Å². The largest absolute Gasteiger partial charge is 0.494 e. The van der Waals surface area contributed by atoms with E-state index in [0.717, 1.165) is 34.3 Å². The quantitative estimate of drug-likeness (QED) is 0.291. The van der Waals surface area contributed by atoms with Gasteiger partial charge in [0.25, 0.3) is 0 Å². The summed E-state index contributed by atoms with van der Waals surface area (Å²) in [5.41, 5.74) is 4.08. The maximum atomic E-state index is 5.89. The SMILES string of the molecule is CCOc1ccc(-n2cccc2[C@H]2[C@@H](c3ccccn3)NC(=S)N2c2ccc(OC(C)C)cc2)cc1. The minimum Gasteiger partial charge on any atom is -0.494 e. The predicted molar refractivity (Wildman–Crippen MR) is 147 cm³/mol. The molecule has 3 heterocycles. The highest BCUT2D eigenvalue weighted by Gasteiger charge is 2.42. The van der Waals surface area contributed by atoms with Gasteiger partial charge in [0.15, 0.2) is 5.11 Å². The third-order valence-corrected chi connectivity index (χ3v) is 6.41. The zero-order valence-electron chi connectivity index (χ0n) is 20.7. The van der Waals surface area contributed by atoms with Crippen LogP contribution in [-0.2, 0) is 0 Å². The molecule has 0 radical (unpaired) electrons. The number of nitrogens with zero attached hydrogens (tertiary/aromatic N) is 3. The van der Waals surface area contributed by atoms with E-state index in [2.05, 4.69) is 62.4 Å². The maximum Gasteiger partial charge on any atom is 0.174 e. The first-order chi connectivity index (χ1) is 17.5. The molecule has 0 bridgehead atoms. The van der Waals surface area contributed by atoms with Crippen molar-refractivity contribution < 1.29 is 9.47 Å². The van der Waals surface area contributed by atoms with Gasteiger partial charge in [-0.15, -0.1) is 0 Å². The van der Waals surface area contributed by atoms with E-state index in [9.17, 15) is 0 Å². The van der Waals surface area contributed by atoms with Crippen LogP contribution in [0.15, 0.2) is 91.3 Å². The zero-order chi connectivity index (χ0) is 25.1. The van der Waals surface area contributed by atoms with Gasteiger partial charge in [-0.1, -0.05) is 6.07 Å². The Morgan fingerprint density at radius 1 is 0.917 bits per heavy atom. The van der Waals surface area contributed by atoms with Crippen molar-refractivity contribution in [1.29, 1.82) is 0 Å². The number of rotatable bonds is 8. The summed E-state index contributed by atoms with van der Waals surface area (Å²) in [7, 11) is 0. The Kier molecular flexibility index (Phi) is 6.91. The molecule has 1 aliphatic rings. The second kappa shape index (κ2) is 10.4. The van der Waals surface area contributed by atoms with Crippen LogP contribution in [0, 0.1) is 0 Å². The molecule has 0 saturated carbocycles. The van der Waals surface area contributed by atoms with E-state index in [-0.39, 0.29) is 18.2 Å². The lowest BCUT2D eigenvalue weighted by molar-refractivity contribution is 0.242. The summed E-state index contributed by atoms with van der Waals surface area (Å²) in [4.78, 5) is 6.84. The molecule has 1 N–H and O–H groups in total. The number of ether oxygens (including phenoxy) is 2. The Morgan fingerprint density at radius 3 is 2.31 bits per heavy atom. The molecule has 2 aromatic carbocycles. The van der Waals surface area contributed by atoms with Crippen LogP contribution in [0.5, 0.6) is 11.5 Å². The molecular weight excluding hydrogens is 468 g/mol. The molecule has 0 aliphatic carbocycles. The normalized spacial score (nSPS) is 17.3. The molecule has 1 fully saturated rings. The van der Waals surface area contributed by atoms with E-state index in [1.54, 1.807) is 0 Å². The van der Waals surface area contributed by atoms with Crippen molar-refractivity contribution in [1.82, 2.24) is 14.9 Å². The Bertz CT molecular complexity index is 1300. The Hall–Kier alpha value is -3.84. The average molecular weight is 499 g/mol. The Morgan fingerprint density at radius 2 is 1.64 bits per heavy atom. The van der Waals surface area contributed by atoms with Crippen molar-refractivity contribution in [2.24, 2.45) is 0 Å². The van der Waals surface area contributed by atoms with Crippen molar-refractivity contribution in [3.8, 4) is 17.2 Å². The molecule has 6 nitrogen and oxygen atoms in total. The highest BCUT2D eigenvalue weighted by Crippen LogP contribution is 2.42. The smallest absolute Gasteiger partial charge is 0.174 e. The van der Waals surface area contributed by atoms with Crippen LogP contribution in [0.25, 0.3) is 5.69 Å². The van der Waals surface area contributed by atoms with E-state index in [4.69, 9.17) is 21.7 Å². The predicted octanol–water partition coefficient (Wildman–Crippen LogP) is 6.24. The van der Waals surface area contributed by atoms with Gasteiger partial charge >= 0.3 is 0 Å². The standard InChI is InChI=1S/C29H30N4O2S/c1-4-34-23-14-10-21(11-15-23)32-19-7-9-26(32)28-27(25-8-5-6-18-30-25)31-29(36)33(28)22-12-16-24(17-13-22)35-20(2)3/h5-20,27-28H,4H2,1-3H3,(H,31,36)/t27-,28+/m1/s1. The number of nitrogens with one attached hydrogen (secondary N) is 1. The second-order valence-corrected chi connectivity index (χ2v) is 9.27. The molecule has 184 valence electrons. The summed E-state index contributed by atoms with van der Waals surface area (Å²) >= 11 is 5.89. The first kappa shape index (κ1) is 23.9. The number of hydrogen-bond donors (Lipinski definition) is 1. The summed E-state index contributed by atoms with van der Waals surface area (Å²) in [6.45, 7) is 6.68. The first-order valence-corrected chi connectivity index (χ1v) is 12.6.